The molecule has 0 spiro atoms. The molecule has 0 saturated heterocycles. The first kappa shape index (κ1) is 45.0. The predicted molar refractivity (Wildman–Crippen MR) is 228 cm³/mol. The Hall–Kier alpha value is -4.12. The monoisotopic (exact) mass is 940 g/mol. The number of carboxylic acid groups (broad SMARTS) is 1. The average Bonchev–Trinajstić information content (AvgIpc) is 3.82. The summed E-state index contributed by atoms with van der Waals surface area (Å²) in [5.74, 6) is -0.412. The molecule has 0 amide bonds. The van der Waals surface area contributed by atoms with Crippen LogP contribution in [0.5, 0.6) is 11.5 Å². The molecule has 2 aromatic heterocycles. The van der Waals surface area contributed by atoms with Crippen molar-refractivity contribution in [3.05, 3.63) is 128 Å². The van der Waals surface area contributed by atoms with E-state index in [4.69, 9.17) is 60.6 Å². The van der Waals surface area contributed by atoms with Crippen molar-refractivity contribution in [1.82, 2.24) is 0 Å². The Bertz CT molecular complexity index is 2670. The van der Waals surface area contributed by atoms with E-state index in [1.165, 1.54) is 50.6 Å². The highest BCUT2D eigenvalue weighted by Crippen LogP contribution is 2.41. The molecule has 0 aliphatic rings. The number of sulfone groups is 2. The van der Waals surface area contributed by atoms with E-state index in [2.05, 4.69) is 0 Å². The Kier molecular flexibility index (Phi) is 15.0. The van der Waals surface area contributed by atoms with Crippen molar-refractivity contribution >= 4 is 101 Å². The second-order valence-electron chi connectivity index (χ2n) is 12.0. The Morgan fingerprint density at radius 2 is 0.983 bits per heavy atom. The highest BCUT2D eigenvalue weighted by atomic mass is 35.5. The van der Waals surface area contributed by atoms with Crippen LogP contribution in [0, 0.1) is 0 Å². The number of carboxylic acids is 1. The number of carbonyl (C=O) groups excluding carboxylic acids is 1. The van der Waals surface area contributed by atoms with Crippen LogP contribution in [0.4, 0.5) is 0 Å². The smallest absolute Gasteiger partial charge is 0.310 e. The van der Waals surface area contributed by atoms with Crippen molar-refractivity contribution in [2.24, 2.45) is 0 Å². The third-order valence-electron chi connectivity index (χ3n) is 8.19. The molecule has 1 N–H and O–H groups in total. The van der Waals surface area contributed by atoms with Gasteiger partial charge in [0.25, 0.3) is 0 Å². The van der Waals surface area contributed by atoms with E-state index in [-0.39, 0.29) is 37.7 Å². The first-order valence-corrected chi connectivity index (χ1v) is 22.9. The van der Waals surface area contributed by atoms with Gasteiger partial charge in [-0.2, -0.15) is 0 Å². The molecule has 0 aliphatic carbocycles. The van der Waals surface area contributed by atoms with Crippen LogP contribution >= 0.6 is 69.1 Å². The van der Waals surface area contributed by atoms with Crippen LogP contribution in [0.2, 0.25) is 20.1 Å². The van der Waals surface area contributed by atoms with Crippen molar-refractivity contribution in [2.75, 3.05) is 20.8 Å². The highest BCUT2D eigenvalue weighted by Gasteiger charge is 2.26. The maximum absolute atomic E-state index is 13.2. The molecule has 0 aliphatic heterocycles. The van der Waals surface area contributed by atoms with Crippen LogP contribution in [-0.4, -0.2) is 54.7 Å². The molecule has 10 nitrogen and oxygen atoms in total. The minimum absolute atomic E-state index is 0.0509. The topological polar surface area (TPSA) is 150 Å². The molecule has 0 bridgehead atoms. The summed E-state index contributed by atoms with van der Waals surface area (Å²) >= 11 is 26.2. The van der Waals surface area contributed by atoms with Gasteiger partial charge in [-0.05, 0) is 114 Å². The maximum atomic E-state index is 13.2. The molecule has 304 valence electrons. The lowest BCUT2D eigenvalue weighted by molar-refractivity contribution is -0.142. The summed E-state index contributed by atoms with van der Waals surface area (Å²) < 4.78 is 67.7. The first-order valence-electron chi connectivity index (χ1n) is 16.8. The Balaban J connectivity index is 0.000000221. The third-order valence-corrected chi connectivity index (χ3v) is 16.6. The van der Waals surface area contributed by atoms with Crippen LogP contribution in [0.3, 0.4) is 0 Å². The zero-order chi connectivity index (χ0) is 42.4. The fourth-order valence-corrected chi connectivity index (χ4v) is 11.8. The number of hydrogen-bond acceptors (Lipinski definition) is 11. The lowest BCUT2D eigenvalue weighted by atomic mass is 10.1. The summed E-state index contributed by atoms with van der Waals surface area (Å²) in [6.45, 7) is 1.95. The molecular formula is C40H32Cl4O10S4. The fraction of sp³-hybridized carbons (Fsp3) is 0.150. The Morgan fingerprint density at radius 3 is 1.33 bits per heavy atom. The van der Waals surface area contributed by atoms with Gasteiger partial charge in [0.05, 0.1) is 63.5 Å². The summed E-state index contributed by atoms with van der Waals surface area (Å²) in [7, 11) is -4.61. The number of thiophene rings is 2. The van der Waals surface area contributed by atoms with Crippen molar-refractivity contribution in [1.29, 1.82) is 0 Å². The van der Waals surface area contributed by atoms with Crippen molar-refractivity contribution in [3.8, 4) is 32.4 Å². The first-order chi connectivity index (χ1) is 27.5. The van der Waals surface area contributed by atoms with Crippen LogP contribution in [-0.2, 0) is 46.8 Å². The number of halogens is 4. The second kappa shape index (κ2) is 19.3. The molecule has 0 atom stereocenters. The van der Waals surface area contributed by atoms with E-state index in [0.29, 0.717) is 63.6 Å². The predicted octanol–water partition coefficient (Wildman–Crippen LogP) is 10.9. The number of hydrogen-bond donors (Lipinski definition) is 1. The van der Waals surface area contributed by atoms with Gasteiger partial charge in [0.2, 0.25) is 19.7 Å². The average molecular weight is 943 g/mol. The maximum Gasteiger partial charge on any atom is 0.310 e. The minimum atomic E-state index is -3.82. The number of methoxy groups -OCH3 is 2. The van der Waals surface area contributed by atoms with Crippen molar-refractivity contribution < 1.29 is 45.7 Å². The van der Waals surface area contributed by atoms with Crippen LogP contribution in [0.15, 0.2) is 115 Å². The van der Waals surface area contributed by atoms with Gasteiger partial charge in [-0.1, -0.05) is 58.5 Å². The molecule has 0 unspecified atom stereocenters. The van der Waals surface area contributed by atoms with E-state index in [9.17, 15) is 31.5 Å². The van der Waals surface area contributed by atoms with Crippen LogP contribution in [0.1, 0.15) is 18.1 Å². The zero-order valence-corrected chi connectivity index (χ0v) is 36.9. The summed E-state index contributed by atoms with van der Waals surface area (Å²) in [6, 6.07) is 24.9. The van der Waals surface area contributed by atoms with Crippen LogP contribution in [0.25, 0.3) is 20.9 Å². The molecule has 0 fully saturated rings. The minimum Gasteiger partial charge on any atom is -0.497 e. The van der Waals surface area contributed by atoms with E-state index >= 15 is 0 Å². The lowest BCUT2D eigenvalue weighted by Crippen LogP contribution is -2.07. The standard InChI is InChI=1S/C21H18Cl2O5S2.C19H14Cl2O5S2/c1-3-28-19(24)11-14-12-20(29-21(14)13-4-9-17(22)18(23)10-13)30(25,26)16-7-5-15(27-2)6-8-16;1-26-13-3-5-14(6-4-13)28(24,25)18-10-12(9-17(22)23)19(27-18)11-2-7-15(20)16(21)8-11/h4-10,12H,3,11H2,1-2H3;2-8,10H,9H2,1H3,(H,22,23). The van der Waals surface area contributed by atoms with Gasteiger partial charge in [0.15, 0.2) is 0 Å². The SMILES string of the molecule is CCOC(=O)Cc1cc(S(=O)(=O)c2ccc(OC)cc2)sc1-c1ccc(Cl)c(Cl)c1.COc1ccc(S(=O)(=O)c2cc(CC(=O)O)c(-c3ccc(Cl)c(Cl)c3)s2)cc1. The molecule has 4 aromatic carbocycles. The van der Waals surface area contributed by atoms with Crippen molar-refractivity contribution in [3.63, 3.8) is 0 Å². The largest absolute Gasteiger partial charge is 0.497 e. The summed E-state index contributed by atoms with van der Waals surface area (Å²) in [5.41, 5.74) is 2.21. The molecular weight excluding hydrogens is 911 g/mol. The van der Waals surface area contributed by atoms with Gasteiger partial charge in [-0.15, -0.1) is 22.7 Å². The summed E-state index contributed by atoms with van der Waals surface area (Å²) in [5, 5.41) is 10.6. The Labute approximate surface area is 363 Å². The molecule has 58 heavy (non-hydrogen) atoms. The molecule has 6 aromatic rings. The van der Waals surface area contributed by atoms with Gasteiger partial charge >= 0.3 is 11.9 Å². The zero-order valence-electron chi connectivity index (χ0n) is 30.6. The number of carbonyl (C=O) groups is 2. The van der Waals surface area contributed by atoms with E-state index in [1.54, 1.807) is 67.6 Å². The van der Waals surface area contributed by atoms with Crippen LogP contribution < -0.4 is 9.47 Å². The Morgan fingerprint density at radius 1 is 0.586 bits per heavy atom. The normalized spacial score (nSPS) is 11.4. The number of esters is 1. The van der Waals surface area contributed by atoms with Gasteiger partial charge in [-0.25, -0.2) is 16.8 Å². The summed E-state index contributed by atoms with van der Waals surface area (Å²) in [4.78, 5) is 24.7. The van der Waals surface area contributed by atoms with Gasteiger partial charge in [0, 0.05) is 9.75 Å². The molecule has 0 radical (unpaired) electrons. The molecule has 2 heterocycles. The number of rotatable bonds is 13. The van der Waals surface area contributed by atoms with Gasteiger partial charge < -0.3 is 19.3 Å². The summed E-state index contributed by atoms with van der Waals surface area (Å²) in [6.07, 6.45) is -0.373. The molecule has 6 rings (SSSR count). The third kappa shape index (κ3) is 10.5. The van der Waals surface area contributed by atoms with Gasteiger partial charge in [0.1, 0.15) is 19.9 Å². The van der Waals surface area contributed by atoms with E-state index in [0.717, 1.165) is 22.7 Å². The molecule has 0 saturated carbocycles. The molecule has 18 heteroatoms. The number of aliphatic carboxylic acids is 1. The van der Waals surface area contributed by atoms with Gasteiger partial charge in [-0.3, -0.25) is 9.59 Å². The number of benzene rings is 4. The highest BCUT2D eigenvalue weighted by molar-refractivity contribution is 7.94. The quantitative estimate of drug-likeness (QED) is 0.111. The second-order valence-corrected chi connectivity index (χ2v) is 20.1. The van der Waals surface area contributed by atoms with E-state index in [1.807, 2.05) is 0 Å². The fourth-order valence-electron chi connectivity index (χ4n) is 5.37. The number of ether oxygens (including phenoxy) is 3. The lowest BCUT2D eigenvalue weighted by Gasteiger charge is -2.05. The van der Waals surface area contributed by atoms with Crippen molar-refractivity contribution in [2.45, 2.75) is 38.0 Å². The van der Waals surface area contributed by atoms with E-state index < -0.39 is 31.6 Å².